The lowest BCUT2D eigenvalue weighted by Crippen LogP contribution is -2.02. The van der Waals surface area contributed by atoms with E-state index in [2.05, 4.69) is 5.09 Å². The Morgan fingerprint density at radius 1 is 1.78 bits per heavy atom. The van der Waals surface area contributed by atoms with Crippen molar-refractivity contribution in [3.8, 4) is 0 Å². The van der Waals surface area contributed by atoms with Crippen LogP contribution in [0.3, 0.4) is 0 Å². The van der Waals surface area contributed by atoms with E-state index in [4.69, 9.17) is 4.52 Å². The summed E-state index contributed by atoms with van der Waals surface area (Å²) in [6, 6.07) is 0. The van der Waals surface area contributed by atoms with Gasteiger partial charge in [0.2, 0.25) is 0 Å². The van der Waals surface area contributed by atoms with Crippen LogP contribution in [-0.2, 0) is 9.09 Å². The van der Waals surface area contributed by atoms with Gasteiger partial charge in [0.25, 0.3) is 8.18 Å². The van der Waals surface area contributed by atoms with E-state index in [1.807, 2.05) is 13.2 Å². The van der Waals surface area contributed by atoms with Gasteiger partial charge >= 0.3 is 0 Å². The van der Waals surface area contributed by atoms with Gasteiger partial charge in [-0.3, -0.25) is 4.57 Å². The van der Waals surface area contributed by atoms with Gasteiger partial charge in [-0.25, -0.2) is 5.09 Å². The summed E-state index contributed by atoms with van der Waals surface area (Å²) in [5.74, 6) is 0.692. The molecule has 0 aliphatic rings. The summed E-state index contributed by atoms with van der Waals surface area (Å²) in [6.07, 6.45) is 1.94. The Morgan fingerprint density at radius 3 is 2.89 bits per heavy atom. The van der Waals surface area contributed by atoms with Gasteiger partial charge in [0.05, 0.1) is 6.61 Å². The van der Waals surface area contributed by atoms with E-state index >= 15 is 0 Å². The van der Waals surface area contributed by atoms with Gasteiger partial charge < -0.3 is 4.52 Å². The largest absolute Gasteiger partial charge is 0.320 e. The number of hydrogen-bond acceptors (Lipinski definition) is 3. The first-order chi connectivity index (χ1) is 4.31. The van der Waals surface area contributed by atoms with Crippen LogP contribution in [0.5, 0.6) is 0 Å². The van der Waals surface area contributed by atoms with Crippen LogP contribution >= 0.6 is 19.9 Å². The molecule has 0 heterocycles. The lowest BCUT2D eigenvalue weighted by molar-refractivity contribution is 0.345. The zero-order valence-electron chi connectivity index (χ0n) is 5.64. The second kappa shape index (κ2) is 6.62. The van der Waals surface area contributed by atoms with Gasteiger partial charge in [0.15, 0.2) is 0 Å². The van der Waals surface area contributed by atoms with Crippen molar-refractivity contribution in [1.29, 1.82) is 0 Å². The normalized spacial score (nSPS) is 13.6. The molecule has 0 radical (unpaired) electrons. The second-order valence-corrected chi connectivity index (χ2v) is 3.41. The van der Waals surface area contributed by atoms with Crippen molar-refractivity contribution in [3.63, 3.8) is 0 Å². The summed E-state index contributed by atoms with van der Waals surface area (Å²) in [6.45, 7) is 2.34. The van der Waals surface area contributed by atoms with Crippen molar-refractivity contribution >= 4 is 19.9 Å². The molecular formula is C4H12NO2PS. The third-order valence-electron chi connectivity index (χ3n) is 0.636. The van der Waals surface area contributed by atoms with E-state index in [1.165, 1.54) is 0 Å². The van der Waals surface area contributed by atoms with Gasteiger partial charge in [-0.1, -0.05) is 0 Å². The van der Waals surface area contributed by atoms with Crippen LogP contribution < -0.4 is 5.09 Å². The first kappa shape index (κ1) is 9.50. The highest BCUT2D eigenvalue weighted by Gasteiger charge is 1.92. The molecule has 5 heteroatoms. The minimum atomic E-state index is -1.92. The van der Waals surface area contributed by atoms with E-state index in [0.29, 0.717) is 12.5 Å². The van der Waals surface area contributed by atoms with Crippen molar-refractivity contribution in [2.45, 2.75) is 6.92 Å². The first-order valence-electron chi connectivity index (χ1n) is 2.70. The molecule has 0 bridgehead atoms. The number of thioether (sulfide) groups is 1. The van der Waals surface area contributed by atoms with Crippen LogP contribution in [0.2, 0.25) is 0 Å². The van der Waals surface area contributed by atoms with Crippen molar-refractivity contribution in [2.24, 2.45) is 0 Å². The minimum Gasteiger partial charge on any atom is -0.320 e. The predicted octanol–water partition coefficient (Wildman–Crippen LogP) is 1.32. The van der Waals surface area contributed by atoms with Gasteiger partial charge in [-0.05, 0) is 13.2 Å². The molecule has 0 aromatic carbocycles. The quantitative estimate of drug-likeness (QED) is 0.497. The van der Waals surface area contributed by atoms with Gasteiger partial charge in [0, 0.05) is 5.88 Å². The second-order valence-electron chi connectivity index (χ2n) is 1.33. The number of rotatable bonds is 5. The molecule has 1 atom stereocenters. The third kappa shape index (κ3) is 6.38. The molecule has 0 saturated carbocycles. The molecule has 1 unspecified atom stereocenters. The molecule has 0 aromatic rings. The summed E-state index contributed by atoms with van der Waals surface area (Å²) in [5.41, 5.74) is 0. The van der Waals surface area contributed by atoms with Crippen LogP contribution in [0.25, 0.3) is 0 Å². The van der Waals surface area contributed by atoms with Crippen LogP contribution in [0.1, 0.15) is 6.92 Å². The summed E-state index contributed by atoms with van der Waals surface area (Å²) < 4.78 is 15.4. The highest BCUT2D eigenvalue weighted by molar-refractivity contribution is 7.98. The molecule has 0 rings (SSSR count). The molecule has 56 valence electrons. The fourth-order valence-electron chi connectivity index (χ4n) is 0.313. The Bertz CT molecular complexity index is 90.6. The zero-order valence-corrected chi connectivity index (χ0v) is 7.46. The molecular weight excluding hydrogens is 157 g/mol. The van der Waals surface area contributed by atoms with Gasteiger partial charge in [-0.15, -0.1) is 11.8 Å². The molecule has 0 aliphatic heterocycles. The molecule has 0 aromatic heterocycles. The predicted molar refractivity (Wildman–Crippen MR) is 42.1 cm³/mol. The molecule has 0 aliphatic carbocycles. The van der Waals surface area contributed by atoms with Crippen molar-refractivity contribution in [3.05, 3.63) is 0 Å². The Hall–Kier alpha value is 0.500. The van der Waals surface area contributed by atoms with E-state index in [9.17, 15) is 4.57 Å². The minimum absolute atomic E-state index is 0.513. The maximum atomic E-state index is 10.6. The van der Waals surface area contributed by atoms with E-state index in [0.717, 1.165) is 0 Å². The topological polar surface area (TPSA) is 38.3 Å². The Labute approximate surface area is 60.5 Å². The Kier molecular flexibility index (Phi) is 6.99. The fourth-order valence-corrected chi connectivity index (χ4v) is 1.73. The summed E-state index contributed by atoms with van der Waals surface area (Å²) in [4.78, 5) is 0. The monoisotopic (exact) mass is 169 g/mol. The molecule has 0 saturated heterocycles. The highest BCUT2D eigenvalue weighted by atomic mass is 32.2. The Morgan fingerprint density at radius 2 is 2.44 bits per heavy atom. The average Bonchev–Trinajstić information content (AvgIpc) is 1.85. The first-order valence-corrected chi connectivity index (χ1v) is 5.41. The third-order valence-corrected chi connectivity index (χ3v) is 2.34. The van der Waals surface area contributed by atoms with Crippen LogP contribution in [0, 0.1) is 0 Å². The number of nitrogens with one attached hydrogen (secondary N) is 1. The summed E-state index contributed by atoms with van der Waals surface area (Å²) in [7, 11) is -1.92. The maximum Gasteiger partial charge on any atom is 0.258 e. The highest BCUT2D eigenvalue weighted by Crippen LogP contribution is 2.15. The smallest absolute Gasteiger partial charge is 0.258 e. The van der Waals surface area contributed by atoms with Crippen molar-refractivity contribution in [2.75, 3.05) is 18.7 Å². The summed E-state index contributed by atoms with van der Waals surface area (Å²) >= 11 is 1.59. The number of hydrogen-bond donors (Lipinski definition) is 1. The molecule has 0 spiro atoms. The lowest BCUT2D eigenvalue weighted by atomic mass is 10.9. The fraction of sp³-hybridized carbons (Fsp3) is 1.00. The van der Waals surface area contributed by atoms with Gasteiger partial charge in [-0.2, -0.15) is 0 Å². The molecule has 1 N–H and O–H groups in total. The standard InChI is InChI=1S/C4H12NO2PS/c1-3-7-8(6)5-4-9-2/h8H,3-4H2,1-2H3,(H,5,6). The van der Waals surface area contributed by atoms with Crippen LogP contribution in [0.15, 0.2) is 0 Å². The lowest BCUT2D eigenvalue weighted by Gasteiger charge is -2.00. The van der Waals surface area contributed by atoms with Crippen LogP contribution in [0.4, 0.5) is 0 Å². The average molecular weight is 169 g/mol. The zero-order chi connectivity index (χ0) is 7.11. The molecule has 9 heavy (non-hydrogen) atoms. The van der Waals surface area contributed by atoms with Crippen LogP contribution in [-0.4, -0.2) is 18.7 Å². The van der Waals surface area contributed by atoms with E-state index < -0.39 is 8.18 Å². The Balaban J connectivity index is 3.06. The summed E-state index contributed by atoms with van der Waals surface area (Å²) in [5, 5.41) is 2.72. The molecule has 0 amide bonds. The molecule has 0 fully saturated rings. The maximum absolute atomic E-state index is 10.6. The SMILES string of the molecule is CCO[PH](=O)NCSC. The van der Waals surface area contributed by atoms with E-state index in [1.54, 1.807) is 11.8 Å². The van der Waals surface area contributed by atoms with Crippen molar-refractivity contribution < 1.29 is 9.09 Å². The van der Waals surface area contributed by atoms with E-state index in [-0.39, 0.29) is 0 Å². The van der Waals surface area contributed by atoms with Gasteiger partial charge in [0.1, 0.15) is 0 Å². The van der Waals surface area contributed by atoms with Crippen molar-refractivity contribution in [1.82, 2.24) is 5.09 Å². The molecule has 3 nitrogen and oxygen atoms in total.